The average molecular weight is 249 g/mol. The second kappa shape index (κ2) is 4.31. The molecule has 0 amide bonds. The minimum atomic E-state index is 0.393. The number of rotatable bonds is 2. The summed E-state index contributed by atoms with van der Waals surface area (Å²) in [7, 11) is 2.09. The van der Waals surface area contributed by atoms with Crippen molar-refractivity contribution in [3.63, 3.8) is 0 Å². The lowest BCUT2D eigenvalue weighted by atomic mass is 9.86. The van der Waals surface area contributed by atoms with Crippen LogP contribution in [-0.2, 0) is 13.1 Å². The quantitative estimate of drug-likeness (QED) is 0.845. The molecule has 2 unspecified atom stereocenters. The predicted octanol–water partition coefficient (Wildman–Crippen LogP) is 0.870. The van der Waals surface area contributed by atoms with Crippen LogP contribution >= 0.6 is 0 Å². The van der Waals surface area contributed by atoms with Gasteiger partial charge in [-0.2, -0.15) is 0 Å². The van der Waals surface area contributed by atoms with E-state index in [1.165, 1.54) is 12.8 Å². The lowest BCUT2D eigenvalue weighted by molar-refractivity contribution is 0.117. The van der Waals surface area contributed by atoms with E-state index in [1.807, 2.05) is 6.33 Å². The maximum absolute atomic E-state index is 4.22. The van der Waals surface area contributed by atoms with E-state index in [4.69, 9.17) is 0 Å². The molecule has 0 saturated heterocycles. The fraction of sp³-hybridized carbons (Fsp3) is 0.846. The Bertz CT molecular complexity index is 425. The molecular weight excluding hydrogens is 226 g/mol. The van der Waals surface area contributed by atoms with E-state index in [2.05, 4.69) is 45.9 Å². The molecule has 100 valence electrons. The largest absolute Gasteiger partial charge is 0.315 e. The van der Waals surface area contributed by atoms with Crippen molar-refractivity contribution in [2.75, 3.05) is 13.6 Å². The van der Waals surface area contributed by atoms with E-state index < -0.39 is 0 Å². The molecule has 1 aromatic rings. The summed E-state index contributed by atoms with van der Waals surface area (Å²) in [4.78, 5) is 2.58. The number of nitrogens with one attached hydrogen (secondary N) is 1. The Hall–Kier alpha value is -0.940. The molecule has 1 aliphatic heterocycles. The fourth-order valence-corrected chi connectivity index (χ4v) is 3.71. The van der Waals surface area contributed by atoms with Gasteiger partial charge >= 0.3 is 0 Å². The zero-order valence-corrected chi connectivity index (χ0v) is 11.6. The molecule has 1 saturated carbocycles. The Morgan fingerprint density at radius 2 is 2.22 bits per heavy atom. The van der Waals surface area contributed by atoms with Crippen molar-refractivity contribution < 1.29 is 0 Å². The van der Waals surface area contributed by atoms with Crippen LogP contribution in [-0.4, -0.2) is 45.3 Å². The summed E-state index contributed by atoms with van der Waals surface area (Å²) in [5.74, 6) is 1.11. The second-order valence-electron chi connectivity index (χ2n) is 6.27. The molecule has 1 fully saturated rings. The molecule has 1 aliphatic carbocycles. The van der Waals surface area contributed by atoms with Crippen LogP contribution in [0.15, 0.2) is 6.33 Å². The summed E-state index contributed by atoms with van der Waals surface area (Å²) in [6.07, 6.45) is 4.43. The lowest BCUT2D eigenvalue weighted by Crippen LogP contribution is -2.52. The summed E-state index contributed by atoms with van der Waals surface area (Å²) in [6.45, 7) is 7.83. The maximum atomic E-state index is 4.22. The average Bonchev–Trinajstić information content (AvgIpc) is 2.91. The Labute approximate surface area is 109 Å². The third-order valence-electron chi connectivity index (χ3n) is 4.76. The van der Waals surface area contributed by atoms with Crippen molar-refractivity contribution in [1.29, 1.82) is 0 Å². The topological polar surface area (TPSA) is 46.0 Å². The van der Waals surface area contributed by atoms with Crippen LogP contribution in [0, 0.1) is 5.41 Å². The molecule has 5 nitrogen and oxygen atoms in total. The highest BCUT2D eigenvalue weighted by atomic mass is 15.3. The minimum absolute atomic E-state index is 0.393. The molecule has 3 rings (SSSR count). The van der Waals surface area contributed by atoms with Crippen LogP contribution in [0.1, 0.15) is 32.5 Å². The fourth-order valence-electron chi connectivity index (χ4n) is 3.71. The van der Waals surface area contributed by atoms with Gasteiger partial charge < -0.3 is 9.88 Å². The van der Waals surface area contributed by atoms with Crippen molar-refractivity contribution in [2.45, 2.75) is 51.9 Å². The van der Waals surface area contributed by atoms with Crippen LogP contribution in [0.2, 0.25) is 0 Å². The van der Waals surface area contributed by atoms with E-state index in [1.54, 1.807) is 0 Å². The van der Waals surface area contributed by atoms with Gasteiger partial charge in [0.2, 0.25) is 0 Å². The molecular formula is C13H23N5. The van der Waals surface area contributed by atoms with Crippen molar-refractivity contribution in [1.82, 2.24) is 25.0 Å². The lowest BCUT2D eigenvalue weighted by Gasteiger charge is -2.38. The molecule has 1 N–H and O–H groups in total. The van der Waals surface area contributed by atoms with Gasteiger partial charge in [-0.3, -0.25) is 4.90 Å². The molecule has 2 heterocycles. The third-order valence-corrected chi connectivity index (χ3v) is 4.76. The zero-order valence-electron chi connectivity index (χ0n) is 11.6. The van der Waals surface area contributed by atoms with Gasteiger partial charge in [0.05, 0.1) is 6.54 Å². The molecule has 0 spiro atoms. The van der Waals surface area contributed by atoms with Gasteiger partial charge in [-0.05, 0) is 25.3 Å². The first-order chi connectivity index (χ1) is 8.62. The Balaban J connectivity index is 1.77. The van der Waals surface area contributed by atoms with Gasteiger partial charge in [0.1, 0.15) is 12.2 Å². The number of nitrogens with zero attached hydrogens (tertiary/aromatic N) is 4. The highest BCUT2D eigenvalue weighted by Gasteiger charge is 2.44. The minimum Gasteiger partial charge on any atom is -0.315 e. The van der Waals surface area contributed by atoms with Gasteiger partial charge in [-0.1, -0.05) is 13.8 Å². The van der Waals surface area contributed by atoms with E-state index in [0.717, 1.165) is 25.5 Å². The van der Waals surface area contributed by atoms with Crippen LogP contribution in [0.4, 0.5) is 0 Å². The number of fused-ring (bicyclic) bond motifs is 1. The Morgan fingerprint density at radius 1 is 1.39 bits per heavy atom. The van der Waals surface area contributed by atoms with Crippen molar-refractivity contribution in [3.8, 4) is 0 Å². The highest BCUT2D eigenvalue weighted by molar-refractivity contribution is 5.02. The first-order valence-electron chi connectivity index (χ1n) is 6.90. The molecule has 18 heavy (non-hydrogen) atoms. The van der Waals surface area contributed by atoms with E-state index in [0.29, 0.717) is 17.5 Å². The van der Waals surface area contributed by atoms with Crippen LogP contribution in [0.3, 0.4) is 0 Å². The summed E-state index contributed by atoms with van der Waals surface area (Å²) >= 11 is 0. The van der Waals surface area contributed by atoms with Crippen molar-refractivity contribution in [3.05, 3.63) is 12.2 Å². The highest BCUT2D eigenvalue weighted by Crippen LogP contribution is 2.40. The predicted molar refractivity (Wildman–Crippen MR) is 70.1 cm³/mol. The normalized spacial score (nSPS) is 31.5. The van der Waals surface area contributed by atoms with Gasteiger partial charge in [0.15, 0.2) is 0 Å². The summed E-state index contributed by atoms with van der Waals surface area (Å²) in [6, 6.07) is 1.21. The summed E-state index contributed by atoms with van der Waals surface area (Å²) < 4.78 is 2.17. The number of likely N-dealkylation sites (N-methyl/N-ethyl adjacent to an activating group) is 1. The van der Waals surface area contributed by atoms with Crippen LogP contribution in [0.25, 0.3) is 0 Å². The summed E-state index contributed by atoms with van der Waals surface area (Å²) in [5.41, 5.74) is 0.393. The molecule has 0 aromatic carbocycles. The number of hydrogen-bond donors (Lipinski definition) is 1. The molecule has 0 bridgehead atoms. The molecule has 2 atom stereocenters. The van der Waals surface area contributed by atoms with Crippen molar-refractivity contribution in [2.24, 2.45) is 5.41 Å². The van der Waals surface area contributed by atoms with Gasteiger partial charge in [0, 0.05) is 25.2 Å². The standard InChI is InChI=1S/C13H23N5/c1-13(2)5-4-10(12(13)14-3)17-6-7-18-9-15-16-11(18)8-17/h9-10,12,14H,4-8H2,1-3H3. The smallest absolute Gasteiger partial charge is 0.147 e. The Kier molecular flexibility index (Phi) is 2.90. The molecule has 2 aliphatic rings. The molecule has 5 heteroatoms. The Morgan fingerprint density at radius 3 is 3.00 bits per heavy atom. The van der Waals surface area contributed by atoms with Crippen LogP contribution < -0.4 is 5.32 Å². The monoisotopic (exact) mass is 249 g/mol. The molecule has 1 aromatic heterocycles. The van der Waals surface area contributed by atoms with Crippen molar-refractivity contribution >= 4 is 0 Å². The van der Waals surface area contributed by atoms with E-state index >= 15 is 0 Å². The molecule has 0 radical (unpaired) electrons. The van der Waals surface area contributed by atoms with Gasteiger partial charge in [-0.25, -0.2) is 0 Å². The first kappa shape index (κ1) is 12.1. The van der Waals surface area contributed by atoms with Gasteiger partial charge in [-0.15, -0.1) is 10.2 Å². The second-order valence-corrected chi connectivity index (χ2v) is 6.27. The maximum Gasteiger partial charge on any atom is 0.147 e. The number of aromatic nitrogens is 3. The summed E-state index contributed by atoms with van der Waals surface area (Å²) in [5, 5.41) is 11.8. The van der Waals surface area contributed by atoms with E-state index in [-0.39, 0.29) is 0 Å². The SMILES string of the molecule is CNC1C(N2CCn3cnnc3C2)CCC1(C)C. The first-order valence-corrected chi connectivity index (χ1v) is 6.90. The zero-order chi connectivity index (χ0) is 12.8. The third kappa shape index (κ3) is 1.86. The van der Waals surface area contributed by atoms with E-state index in [9.17, 15) is 0 Å². The van der Waals surface area contributed by atoms with Gasteiger partial charge in [0.25, 0.3) is 0 Å². The van der Waals surface area contributed by atoms with Crippen LogP contribution in [0.5, 0.6) is 0 Å². The number of hydrogen-bond acceptors (Lipinski definition) is 4.